The molecule has 30 heavy (non-hydrogen) atoms. The first kappa shape index (κ1) is 23.2. The van der Waals surface area contributed by atoms with E-state index >= 15 is 0 Å². The third-order valence-corrected chi connectivity index (χ3v) is 9.93. The zero-order chi connectivity index (χ0) is 21.6. The van der Waals surface area contributed by atoms with Gasteiger partial charge >= 0.3 is 0 Å². The van der Waals surface area contributed by atoms with Gasteiger partial charge in [-0.25, -0.2) is 16.8 Å². The normalized spacial score (nSPS) is 22.3. The van der Waals surface area contributed by atoms with Gasteiger partial charge in [-0.15, -0.1) is 0 Å². The number of carbonyl (C=O) groups excluding carboxylic acids is 1. The Morgan fingerprint density at radius 2 is 1.77 bits per heavy atom. The van der Waals surface area contributed by atoms with E-state index < -0.39 is 25.1 Å². The summed E-state index contributed by atoms with van der Waals surface area (Å²) in [5, 5.41) is -0.849. The van der Waals surface area contributed by atoms with Gasteiger partial charge in [0.2, 0.25) is 15.9 Å². The topological polar surface area (TPSA) is 101 Å². The van der Waals surface area contributed by atoms with Crippen LogP contribution in [-0.2, 0) is 35.8 Å². The van der Waals surface area contributed by atoms with Gasteiger partial charge in [0, 0.05) is 39.2 Å². The van der Waals surface area contributed by atoms with Crippen molar-refractivity contribution in [1.29, 1.82) is 0 Å². The van der Waals surface area contributed by atoms with Crippen LogP contribution < -0.4 is 0 Å². The van der Waals surface area contributed by atoms with E-state index in [1.54, 1.807) is 4.90 Å². The van der Waals surface area contributed by atoms with Crippen molar-refractivity contribution in [3.05, 3.63) is 35.9 Å². The maximum Gasteiger partial charge on any atom is 0.222 e. The van der Waals surface area contributed by atoms with Gasteiger partial charge in [-0.1, -0.05) is 30.3 Å². The molecule has 2 saturated heterocycles. The lowest BCUT2D eigenvalue weighted by molar-refractivity contribution is -0.132. The van der Waals surface area contributed by atoms with E-state index in [9.17, 15) is 21.6 Å². The van der Waals surface area contributed by atoms with Crippen LogP contribution in [0.1, 0.15) is 24.8 Å². The van der Waals surface area contributed by atoms with Crippen LogP contribution in [0.15, 0.2) is 30.3 Å². The van der Waals surface area contributed by atoms with Gasteiger partial charge in [0.15, 0.2) is 9.84 Å². The van der Waals surface area contributed by atoms with Crippen molar-refractivity contribution >= 4 is 25.8 Å². The number of hydrogen-bond donors (Lipinski definition) is 0. The number of hydrogen-bond acceptors (Lipinski definition) is 6. The molecule has 0 saturated carbocycles. The van der Waals surface area contributed by atoms with E-state index in [1.807, 2.05) is 18.2 Å². The molecule has 0 N–H and O–H groups in total. The Balaban J connectivity index is 1.33. The second-order valence-corrected chi connectivity index (χ2v) is 12.2. The number of ether oxygens (including phenoxy) is 1. The Morgan fingerprint density at radius 3 is 2.40 bits per heavy atom. The number of nitrogens with zero attached hydrogens (tertiary/aromatic N) is 2. The van der Waals surface area contributed by atoms with Crippen molar-refractivity contribution in [3.63, 3.8) is 0 Å². The molecule has 2 fully saturated rings. The minimum absolute atomic E-state index is 0.00199. The van der Waals surface area contributed by atoms with E-state index in [0.29, 0.717) is 39.1 Å². The van der Waals surface area contributed by atoms with E-state index in [1.165, 1.54) is 9.87 Å². The molecule has 10 heteroatoms. The average Bonchev–Trinajstić information content (AvgIpc) is 3.12. The second-order valence-electron chi connectivity index (χ2n) is 7.80. The molecule has 8 nitrogen and oxygen atoms in total. The SMILES string of the molecule is O=C(CCCOCCc1ccccc1)N1CCN(S(=O)(=O)C2CCS(=O)(=O)C2)CC1. The Labute approximate surface area is 179 Å². The molecule has 2 aliphatic heterocycles. The molecule has 1 aromatic rings. The van der Waals surface area contributed by atoms with Crippen LogP contribution in [0.3, 0.4) is 0 Å². The molecule has 1 amide bonds. The lowest BCUT2D eigenvalue weighted by Gasteiger charge is -2.35. The quantitative estimate of drug-likeness (QED) is 0.505. The van der Waals surface area contributed by atoms with Gasteiger partial charge in [0.25, 0.3) is 0 Å². The summed E-state index contributed by atoms with van der Waals surface area (Å²) < 4.78 is 55.5. The summed E-state index contributed by atoms with van der Waals surface area (Å²) in [5.41, 5.74) is 1.22. The number of rotatable bonds is 9. The van der Waals surface area contributed by atoms with Crippen molar-refractivity contribution in [2.45, 2.75) is 30.9 Å². The molecule has 1 atom stereocenters. The third kappa shape index (κ3) is 6.26. The van der Waals surface area contributed by atoms with Crippen LogP contribution in [0.25, 0.3) is 0 Å². The van der Waals surface area contributed by atoms with Crippen LogP contribution in [0, 0.1) is 0 Å². The van der Waals surface area contributed by atoms with Gasteiger partial charge in [-0.2, -0.15) is 4.31 Å². The Bertz CT molecular complexity index is 910. The van der Waals surface area contributed by atoms with Gasteiger partial charge in [-0.05, 0) is 24.8 Å². The molecule has 2 aliphatic rings. The van der Waals surface area contributed by atoms with Crippen LogP contribution in [-0.4, -0.2) is 88.1 Å². The van der Waals surface area contributed by atoms with Crippen molar-refractivity contribution in [2.75, 3.05) is 50.9 Å². The Morgan fingerprint density at radius 1 is 1.07 bits per heavy atom. The number of benzene rings is 1. The summed E-state index contributed by atoms with van der Waals surface area (Å²) in [4.78, 5) is 14.1. The monoisotopic (exact) mass is 458 g/mol. The number of piperazine rings is 1. The van der Waals surface area contributed by atoms with Crippen LogP contribution in [0.2, 0.25) is 0 Å². The van der Waals surface area contributed by atoms with Crippen LogP contribution in [0.4, 0.5) is 0 Å². The molecule has 2 heterocycles. The summed E-state index contributed by atoms with van der Waals surface area (Å²) in [6.45, 7) is 2.25. The molecule has 0 spiro atoms. The van der Waals surface area contributed by atoms with Crippen LogP contribution >= 0.6 is 0 Å². The summed E-state index contributed by atoms with van der Waals surface area (Å²) >= 11 is 0. The van der Waals surface area contributed by atoms with Gasteiger partial charge in [0.1, 0.15) is 0 Å². The number of amides is 1. The molecule has 1 unspecified atom stereocenters. The average molecular weight is 459 g/mol. The van der Waals surface area contributed by atoms with Crippen molar-refractivity contribution < 1.29 is 26.4 Å². The summed E-state index contributed by atoms with van der Waals surface area (Å²) in [5.74, 6) is -0.358. The highest BCUT2D eigenvalue weighted by Gasteiger charge is 2.41. The maximum atomic E-state index is 12.7. The predicted molar refractivity (Wildman–Crippen MR) is 114 cm³/mol. The fourth-order valence-electron chi connectivity index (χ4n) is 3.82. The first-order valence-corrected chi connectivity index (χ1v) is 13.7. The fourth-order valence-corrected chi connectivity index (χ4v) is 8.33. The minimum Gasteiger partial charge on any atom is -0.381 e. The summed E-state index contributed by atoms with van der Waals surface area (Å²) in [6, 6.07) is 10.1. The van der Waals surface area contributed by atoms with E-state index in [4.69, 9.17) is 4.74 Å². The first-order chi connectivity index (χ1) is 14.3. The van der Waals surface area contributed by atoms with E-state index in [2.05, 4.69) is 12.1 Å². The number of sulfone groups is 1. The second kappa shape index (κ2) is 10.2. The molecule has 0 aliphatic carbocycles. The van der Waals surface area contributed by atoms with Crippen molar-refractivity contribution in [1.82, 2.24) is 9.21 Å². The van der Waals surface area contributed by atoms with Crippen LogP contribution in [0.5, 0.6) is 0 Å². The largest absolute Gasteiger partial charge is 0.381 e. The third-order valence-electron chi connectivity index (χ3n) is 5.62. The maximum absolute atomic E-state index is 12.7. The molecular weight excluding hydrogens is 428 g/mol. The lowest BCUT2D eigenvalue weighted by Crippen LogP contribution is -2.52. The molecule has 0 radical (unpaired) electrons. The summed E-state index contributed by atoms with van der Waals surface area (Å²) in [7, 11) is -6.89. The molecule has 0 bridgehead atoms. The minimum atomic E-state index is -3.64. The van der Waals surface area contributed by atoms with Gasteiger partial charge in [0.05, 0.1) is 23.4 Å². The van der Waals surface area contributed by atoms with E-state index in [-0.39, 0.29) is 36.9 Å². The van der Waals surface area contributed by atoms with Gasteiger partial charge in [-0.3, -0.25) is 4.79 Å². The highest BCUT2D eigenvalue weighted by atomic mass is 32.2. The standard InChI is InChI=1S/C20H30N2O6S2/c23-20(7-4-14-28-15-8-18-5-2-1-3-6-18)21-10-12-22(13-11-21)30(26,27)19-9-16-29(24,25)17-19/h1-3,5-6,19H,4,7-17H2. The highest BCUT2D eigenvalue weighted by molar-refractivity contribution is 7.95. The Kier molecular flexibility index (Phi) is 7.89. The molecule has 168 valence electrons. The molecule has 3 rings (SSSR count). The Hall–Kier alpha value is -1.49. The van der Waals surface area contributed by atoms with Crippen molar-refractivity contribution in [2.24, 2.45) is 0 Å². The lowest BCUT2D eigenvalue weighted by atomic mass is 10.2. The smallest absolute Gasteiger partial charge is 0.222 e. The number of sulfonamides is 1. The first-order valence-electron chi connectivity index (χ1n) is 10.4. The zero-order valence-electron chi connectivity index (χ0n) is 17.1. The molecular formula is C20H30N2O6S2. The molecule has 0 aromatic heterocycles. The predicted octanol–water partition coefficient (Wildman–Crippen LogP) is 0.687. The zero-order valence-corrected chi connectivity index (χ0v) is 18.7. The fraction of sp³-hybridized carbons (Fsp3) is 0.650. The van der Waals surface area contributed by atoms with E-state index in [0.717, 1.165) is 6.42 Å². The molecule has 1 aromatic carbocycles. The number of carbonyl (C=O) groups is 1. The van der Waals surface area contributed by atoms with Crippen molar-refractivity contribution in [3.8, 4) is 0 Å². The summed E-state index contributed by atoms with van der Waals surface area (Å²) in [6.07, 6.45) is 2.01. The highest BCUT2D eigenvalue weighted by Crippen LogP contribution is 2.23. The van der Waals surface area contributed by atoms with Gasteiger partial charge < -0.3 is 9.64 Å².